The minimum atomic E-state index is -3.93. The summed E-state index contributed by atoms with van der Waals surface area (Å²) in [6.45, 7) is -0.0851. The molecule has 1 saturated heterocycles. The zero-order chi connectivity index (χ0) is 23.0. The van der Waals surface area contributed by atoms with Gasteiger partial charge in [0.05, 0.1) is 5.56 Å². The third-order valence-electron chi connectivity index (χ3n) is 5.57. The first kappa shape index (κ1) is 21.4. The SMILES string of the molecule is O=C1CC[C@@H](N2Cc3cc(CNC(=O)C(F)(F)c4ccccc4O)ccc3C2=O)C(=O)N1. The van der Waals surface area contributed by atoms with E-state index in [0.29, 0.717) is 16.7 Å². The summed E-state index contributed by atoms with van der Waals surface area (Å²) in [4.78, 5) is 49.6. The van der Waals surface area contributed by atoms with Crippen molar-refractivity contribution < 1.29 is 33.1 Å². The van der Waals surface area contributed by atoms with Gasteiger partial charge in [-0.1, -0.05) is 24.3 Å². The fourth-order valence-electron chi connectivity index (χ4n) is 3.89. The first-order chi connectivity index (χ1) is 15.2. The molecule has 0 saturated carbocycles. The first-order valence-corrected chi connectivity index (χ1v) is 9.89. The van der Waals surface area contributed by atoms with Crippen LogP contribution in [0, 0.1) is 0 Å². The summed E-state index contributed by atoms with van der Waals surface area (Å²) in [5.41, 5.74) is 0.670. The van der Waals surface area contributed by atoms with E-state index in [1.165, 1.54) is 29.2 Å². The molecular formula is C22H19F2N3O5. The molecule has 2 aromatic carbocycles. The average Bonchev–Trinajstić information content (AvgIpc) is 3.07. The Morgan fingerprint density at radius 2 is 1.94 bits per heavy atom. The van der Waals surface area contributed by atoms with Crippen LogP contribution in [0.25, 0.3) is 0 Å². The van der Waals surface area contributed by atoms with Crippen LogP contribution in [0.15, 0.2) is 42.5 Å². The van der Waals surface area contributed by atoms with Crippen LogP contribution < -0.4 is 10.6 Å². The Morgan fingerprint density at radius 1 is 1.19 bits per heavy atom. The molecule has 3 N–H and O–H groups in total. The second kappa shape index (κ2) is 8.03. The molecule has 0 radical (unpaired) electrons. The van der Waals surface area contributed by atoms with E-state index in [1.807, 2.05) is 0 Å². The number of benzene rings is 2. The number of nitrogens with zero attached hydrogens (tertiary/aromatic N) is 1. The van der Waals surface area contributed by atoms with Gasteiger partial charge in [-0.25, -0.2) is 0 Å². The molecule has 4 rings (SSSR count). The van der Waals surface area contributed by atoms with Gasteiger partial charge in [-0.15, -0.1) is 0 Å². The van der Waals surface area contributed by atoms with Gasteiger partial charge in [0, 0.05) is 25.1 Å². The van der Waals surface area contributed by atoms with E-state index in [-0.39, 0.29) is 37.7 Å². The minimum Gasteiger partial charge on any atom is -0.507 e. The number of alkyl halides is 2. The summed E-state index contributed by atoms with van der Waals surface area (Å²) in [6.07, 6.45) is 0.369. The summed E-state index contributed by atoms with van der Waals surface area (Å²) in [5, 5.41) is 14.0. The number of amides is 4. The Balaban J connectivity index is 1.44. The minimum absolute atomic E-state index is 0.135. The van der Waals surface area contributed by atoms with Crippen molar-refractivity contribution >= 4 is 23.6 Å². The molecule has 10 heteroatoms. The number of carbonyl (C=O) groups is 4. The van der Waals surface area contributed by atoms with Gasteiger partial charge in [-0.05, 0) is 35.7 Å². The van der Waals surface area contributed by atoms with Crippen LogP contribution in [0.5, 0.6) is 5.75 Å². The quantitative estimate of drug-likeness (QED) is 0.607. The number of piperidine rings is 1. The molecule has 2 aliphatic heterocycles. The Hall–Kier alpha value is -3.82. The number of fused-ring (bicyclic) bond motifs is 1. The van der Waals surface area contributed by atoms with Gasteiger partial charge < -0.3 is 15.3 Å². The second-order valence-corrected chi connectivity index (χ2v) is 7.67. The van der Waals surface area contributed by atoms with E-state index in [4.69, 9.17) is 0 Å². The standard InChI is InChI=1S/C22H19F2N3O5/c23-22(24,15-3-1-2-4-17(15)28)21(32)25-10-12-5-6-14-13(9-12)11-27(20(14)31)16-7-8-18(29)26-19(16)30/h1-6,9,16,28H,7-8,10-11H2,(H,25,32)(H,26,29,30)/t16-/m1/s1. The molecule has 0 aliphatic carbocycles. The zero-order valence-corrected chi connectivity index (χ0v) is 16.7. The third-order valence-corrected chi connectivity index (χ3v) is 5.57. The molecule has 1 fully saturated rings. The maximum Gasteiger partial charge on any atom is 0.353 e. The zero-order valence-electron chi connectivity index (χ0n) is 16.7. The molecule has 8 nitrogen and oxygen atoms in total. The van der Waals surface area contributed by atoms with Crippen molar-refractivity contribution in [1.82, 2.24) is 15.5 Å². The third kappa shape index (κ3) is 3.79. The van der Waals surface area contributed by atoms with E-state index < -0.39 is 35.1 Å². The van der Waals surface area contributed by atoms with Gasteiger partial charge in [-0.3, -0.25) is 24.5 Å². The van der Waals surface area contributed by atoms with E-state index >= 15 is 0 Å². The number of carbonyl (C=O) groups excluding carboxylic acids is 4. The van der Waals surface area contributed by atoms with Crippen molar-refractivity contribution in [2.24, 2.45) is 0 Å². The predicted molar refractivity (Wildman–Crippen MR) is 106 cm³/mol. The number of halogens is 2. The van der Waals surface area contributed by atoms with Crippen LogP contribution in [0.4, 0.5) is 8.78 Å². The van der Waals surface area contributed by atoms with Crippen molar-refractivity contribution in [3.8, 4) is 5.75 Å². The number of rotatable bonds is 5. The Morgan fingerprint density at radius 3 is 2.66 bits per heavy atom. The fourth-order valence-corrected chi connectivity index (χ4v) is 3.89. The lowest BCUT2D eigenvalue weighted by Crippen LogP contribution is -2.52. The number of phenolic OH excluding ortho intramolecular Hbond substituents is 1. The maximum absolute atomic E-state index is 14.4. The highest BCUT2D eigenvalue weighted by atomic mass is 19.3. The maximum atomic E-state index is 14.4. The number of hydrogen-bond acceptors (Lipinski definition) is 5. The molecule has 0 unspecified atom stereocenters. The second-order valence-electron chi connectivity index (χ2n) is 7.67. The van der Waals surface area contributed by atoms with E-state index in [1.54, 1.807) is 6.07 Å². The van der Waals surface area contributed by atoms with Crippen LogP contribution in [-0.2, 0) is 33.4 Å². The lowest BCUT2D eigenvalue weighted by atomic mass is 10.0. The Labute approximate surface area is 181 Å². The van der Waals surface area contributed by atoms with Crippen molar-refractivity contribution in [2.75, 3.05) is 0 Å². The highest BCUT2D eigenvalue weighted by Crippen LogP contribution is 2.34. The molecule has 2 aromatic rings. The van der Waals surface area contributed by atoms with E-state index in [0.717, 1.165) is 12.1 Å². The first-order valence-electron chi connectivity index (χ1n) is 9.89. The van der Waals surface area contributed by atoms with Gasteiger partial charge in [0.1, 0.15) is 11.8 Å². The normalized spacial score (nSPS) is 18.4. The largest absolute Gasteiger partial charge is 0.507 e. The number of phenols is 1. The highest BCUT2D eigenvalue weighted by Gasteiger charge is 2.43. The van der Waals surface area contributed by atoms with Gasteiger partial charge in [0.25, 0.3) is 11.8 Å². The van der Waals surface area contributed by atoms with E-state index in [2.05, 4.69) is 10.6 Å². The number of hydrogen-bond donors (Lipinski definition) is 3. The smallest absolute Gasteiger partial charge is 0.353 e. The summed E-state index contributed by atoms with van der Waals surface area (Å²) in [7, 11) is 0. The Kier molecular flexibility index (Phi) is 5.37. The number of aromatic hydroxyl groups is 1. The molecule has 2 heterocycles. The van der Waals surface area contributed by atoms with Crippen molar-refractivity contribution in [3.05, 3.63) is 64.7 Å². The molecular weight excluding hydrogens is 424 g/mol. The number of para-hydroxylation sites is 1. The van der Waals surface area contributed by atoms with Gasteiger partial charge >= 0.3 is 5.92 Å². The van der Waals surface area contributed by atoms with E-state index in [9.17, 15) is 33.1 Å². The van der Waals surface area contributed by atoms with Crippen LogP contribution in [0.1, 0.15) is 39.9 Å². The highest BCUT2D eigenvalue weighted by molar-refractivity contribution is 6.05. The molecule has 2 aliphatic rings. The van der Waals surface area contributed by atoms with Gasteiger partial charge in [0.15, 0.2) is 0 Å². The molecule has 0 spiro atoms. The Bertz CT molecular complexity index is 1130. The monoisotopic (exact) mass is 443 g/mol. The van der Waals surface area contributed by atoms with Crippen LogP contribution in [0.3, 0.4) is 0 Å². The average molecular weight is 443 g/mol. The fraction of sp³-hybridized carbons (Fsp3) is 0.273. The summed E-state index contributed by atoms with van der Waals surface area (Å²) in [5.74, 6) is -7.44. The molecule has 4 amide bonds. The molecule has 32 heavy (non-hydrogen) atoms. The predicted octanol–water partition coefficient (Wildman–Crippen LogP) is 1.56. The molecule has 0 bridgehead atoms. The van der Waals surface area contributed by atoms with Gasteiger partial charge in [-0.2, -0.15) is 8.78 Å². The van der Waals surface area contributed by atoms with Crippen molar-refractivity contribution in [3.63, 3.8) is 0 Å². The van der Waals surface area contributed by atoms with Crippen LogP contribution in [-0.4, -0.2) is 39.7 Å². The topological polar surface area (TPSA) is 116 Å². The lowest BCUT2D eigenvalue weighted by molar-refractivity contribution is -0.147. The van der Waals surface area contributed by atoms with Crippen molar-refractivity contribution in [2.45, 2.75) is 37.9 Å². The summed E-state index contributed by atoms with van der Waals surface area (Å²) < 4.78 is 28.8. The van der Waals surface area contributed by atoms with Crippen molar-refractivity contribution in [1.29, 1.82) is 0 Å². The molecule has 1 atom stereocenters. The van der Waals surface area contributed by atoms with Gasteiger partial charge in [0.2, 0.25) is 11.8 Å². The van der Waals surface area contributed by atoms with Crippen LogP contribution in [0.2, 0.25) is 0 Å². The number of nitrogens with one attached hydrogen (secondary N) is 2. The molecule has 0 aromatic heterocycles. The van der Waals surface area contributed by atoms with Crippen LogP contribution >= 0.6 is 0 Å². The summed E-state index contributed by atoms with van der Waals surface area (Å²) in [6, 6.07) is 8.61. The summed E-state index contributed by atoms with van der Waals surface area (Å²) >= 11 is 0. The number of imide groups is 1. The molecule has 166 valence electrons. The lowest BCUT2D eigenvalue weighted by Gasteiger charge is -2.29.